The summed E-state index contributed by atoms with van der Waals surface area (Å²) in [5, 5.41) is 10.7. The molecule has 3 fully saturated rings. The van der Waals surface area contributed by atoms with Crippen LogP contribution in [0.2, 0.25) is 0 Å². The minimum Gasteiger partial charge on any atom is -0.359 e. The Morgan fingerprint density at radius 3 is 2.43 bits per heavy atom. The lowest BCUT2D eigenvalue weighted by molar-refractivity contribution is -0.137. The smallest absolute Gasteiger partial charge is 0.359 e. The molecule has 0 bridgehead atoms. The maximum Gasteiger partial charge on any atom is 0.416 e. The second kappa shape index (κ2) is 11.1. The summed E-state index contributed by atoms with van der Waals surface area (Å²) < 4.78 is 41.3. The first-order valence-corrected chi connectivity index (χ1v) is 13.8. The Kier molecular flexibility index (Phi) is 7.79. The topological polar surface area (TPSA) is 62.2 Å². The minimum atomic E-state index is -4.45. The lowest BCUT2D eigenvalue weighted by Gasteiger charge is -2.47. The van der Waals surface area contributed by atoms with Gasteiger partial charge < -0.3 is 10.6 Å². The number of carbonyl (C=O) groups excluding carboxylic acids is 1. The second-order valence-electron chi connectivity index (χ2n) is 11.1. The van der Waals surface area contributed by atoms with Gasteiger partial charge in [0.1, 0.15) is 0 Å². The van der Waals surface area contributed by atoms with E-state index in [1.807, 2.05) is 0 Å². The van der Waals surface area contributed by atoms with Crippen molar-refractivity contribution in [3.63, 3.8) is 0 Å². The average Bonchev–Trinajstić information content (AvgIpc) is 3.22. The Morgan fingerprint density at radius 2 is 1.76 bits per heavy atom. The van der Waals surface area contributed by atoms with Crippen LogP contribution in [0.15, 0.2) is 30.9 Å². The van der Waals surface area contributed by atoms with Gasteiger partial charge in [0, 0.05) is 24.5 Å². The number of likely N-dealkylation sites (tertiary alicyclic amines) is 1. The van der Waals surface area contributed by atoms with Gasteiger partial charge in [0.2, 0.25) is 5.91 Å². The lowest BCUT2D eigenvalue weighted by atomic mass is 9.72. The quantitative estimate of drug-likeness (QED) is 0.448. The van der Waals surface area contributed by atoms with Crippen LogP contribution in [0.1, 0.15) is 63.4 Å². The zero-order chi connectivity index (χ0) is 26.0. The number of fused-ring (bicyclic) bond motifs is 1. The molecule has 202 valence electrons. The van der Waals surface area contributed by atoms with E-state index in [1.165, 1.54) is 63.9 Å². The molecule has 2 aromatic rings. The highest BCUT2D eigenvalue weighted by atomic mass is 19.4. The van der Waals surface area contributed by atoms with E-state index in [0.717, 1.165) is 37.1 Å². The molecule has 2 N–H and O–H groups in total. The van der Waals surface area contributed by atoms with E-state index in [-0.39, 0.29) is 24.3 Å². The van der Waals surface area contributed by atoms with Crippen LogP contribution in [0.25, 0.3) is 10.9 Å². The predicted octanol–water partition coefficient (Wildman–Crippen LogP) is 5.59. The number of amides is 1. The van der Waals surface area contributed by atoms with Crippen molar-refractivity contribution in [3.05, 3.63) is 36.4 Å². The molecular formula is C28H38F3N5O. The summed E-state index contributed by atoms with van der Waals surface area (Å²) in [6.07, 6.45) is 9.49. The summed E-state index contributed by atoms with van der Waals surface area (Å²) in [5.41, 5.74) is -0.184. The number of halogens is 3. The Morgan fingerprint density at radius 1 is 1.05 bits per heavy atom. The number of allylic oxidation sites excluding steroid dienone is 1. The third-order valence-electron chi connectivity index (χ3n) is 8.65. The summed E-state index contributed by atoms with van der Waals surface area (Å²) in [6, 6.07) is 4.29. The molecule has 2 heterocycles. The molecule has 9 heteroatoms. The first kappa shape index (κ1) is 26.1. The van der Waals surface area contributed by atoms with Crippen LogP contribution in [-0.4, -0.2) is 52.3 Å². The number of nitrogens with zero attached hydrogens (tertiary/aromatic N) is 3. The molecule has 1 aliphatic heterocycles. The van der Waals surface area contributed by atoms with Crippen molar-refractivity contribution < 1.29 is 18.0 Å². The van der Waals surface area contributed by atoms with Crippen molar-refractivity contribution in [1.29, 1.82) is 0 Å². The molecule has 0 radical (unpaired) electrons. The van der Waals surface area contributed by atoms with Crippen LogP contribution < -0.4 is 10.6 Å². The standard InChI is InChI=1S/C28H38F3N5O/c1-2-14-36-25-13-10-21(28(29,30)31)15-24(25)27(34-36)32-16-26(37)33-22-17-35(18-22)23-11-8-20(9-12-23)19-6-4-3-5-7-19/h2,10,13,15,19-20,22-23H,1,3-9,11-12,14,16-18H2,(H,32,34)(H,33,37)/t20-,23+. The number of hydrogen-bond donors (Lipinski definition) is 2. The number of carbonyl (C=O) groups is 1. The summed E-state index contributed by atoms with van der Waals surface area (Å²) in [4.78, 5) is 15.1. The van der Waals surface area contributed by atoms with Crippen LogP contribution in [0, 0.1) is 11.8 Å². The fraction of sp³-hybridized carbons (Fsp3) is 0.643. The van der Waals surface area contributed by atoms with Crippen LogP contribution in [0.3, 0.4) is 0 Å². The highest BCUT2D eigenvalue weighted by Gasteiger charge is 2.37. The minimum absolute atomic E-state index is 0.0422. The molecule has 1 saturated heterocycles. The molecule has 37 heavy (non-hydrogen) atoms. The molecule has 3 aliphatic rings. The highest BCUT2D eigenvalue weighted by molar-refractivity contribution is 5.92. The van der Waals surface area contributed by atoms with Crippen molar-refractivity contribution in [2.45, 2.75) is 82.6 Å². The third kappa shape index (κ3) is 5.97. The molecule has 0 spiro atoms. The van der Waals surface area contributed by atoms with Gasteiger partial charge in [-0.3, -0.25) is 14.4 Å². The fourth-order valence-electron chi connectivity index (χ4n) is 6.64. The summed E-state index contributed by atoms with van der Waals surface area (Å²) in [6.45, 7) is 5.74. The molecule has 1 aromatic heterocycles. The molecule has 0 atom stereocenters. The second-order valence-corrected chi connectivity index (χ2v) is 11.1. The summed E-state index contributed by atoms with van der Waals surface area (Å²) in [7, 11) is 0. The normalized spacial score (nSPS) is 24.1. The van der Waals surface area contributed by atoms with E-state index in [4.69, 9.17) is 0 Å². The molecule has 1 amide bonds. The number of anilines is 1. The Labute approximate surface area is 216 Å². The van der Waals surface area contributed by atoms with E-state index in [1.54, 1.807) is 10.8 Å². The monoisotopic (exact) mass is 517 g/mol. The van der Waals surface area contributed by atoms with Gasteiger partial charge in [-0.15, -0.1) is 6.58 Å². The van der Waals surface area contributed by atoms with Crippen molar-refractivity contribution in [1.82, 2.24) is 20.0 Å². The van der Waals surface area contributed by atoms with Gasteiger partial charge in [-0.1, -0.05) is 38.2 Å². The van der Waals surface area contributed by atoms with Gasteiger partial charge in [-0.25, -0.2) is 0 Å². The molecule has 2 saturated carbocycles. The first-order chi connectivity index (χ1) is 17.8. The third-order valence-corrected chi connectivity index (χ3v) is 8.65. The maximum absolute atomic E-state index is 13.2. The zero-order valence-corrected chi connectivity index (χ0v) is 21.4. The molecule has 2 aliphatic carbocycles. The first-order valence-electron chi connectivity index (χ1n) is 13.8. The van der Waals surface area contributed by atoms with Gasteiger partial charge in [0.15, 0.2) is 5.82 Å². The molecular weight excluding hydrogens is 479 g/mol. The summed E-state index contributed by atoms with van der Waals surface area (Å²) in [5.74, 6) is 1.95. The van der Waals surface area contributed by atoms with Crippen LogP contribution in [-0.2, 0) is 17.5 Å². The predicted molar refractivity (Wildman–Crippen MR) is 139 cm³/mol. The van der Waals surface area contributed by atoms with Crippen LogP contribution in [0.4, 0.5) is 19.0 Å². The number of nitrogens with one attached hydrogen (secondary N) is 2. The molecule has 6 nitrogen and oxygen atoms in total. The van der Waals surface area contributed by atoms with Crippen LogP contribution in [0.5, 0.6) is 0 Å². The summed E-state index contributed by atoms with van der Waals surface area (Å²) >= 11 is 0. The van der Waals surface area contributed by atoms with Crippen molar-refractivity contribution in [2.24, 2.45) is 11.8 Å². The number of benzene rings is 1. The Bertz CT molecular complexity index is 1090. The number of aromatic nitrogens is 2. The molecule has 0 unspecified atom stereocenters. The van der Waals surface area contributed by atoms with E-state index >= 15 is 0 Å². The highest BCUT2D eigenvalue weighted by Crippen LogP contribution is 2.40. The van der Waals surface area contributed by atoms with Crippen molar-refractivity contribution >= 4 is 22.6 Å². The Balaban J connectivity index is 1.09. The number of alkyl halides is 3. The van der Waals surface area contributed by atoms with E-state index in [2.05, 4.69) is 27.2 Å². The van der Waals surface area contributed by atoms with E-state index in [9.17, 15) is 18.0 Å². The van der Waals surface area contributed by atoms with Gasteiger partial charge in [0.25, 0.3) is 0 Å². The maximum atomic E-state index is 13.2. The van der Waals surface area contributed by atoms with Gasteiger partial charge in [-0.05, 0) is 55.7 Å². The van der Waals surface area contributed by atoms with Gasteiger partial charge in [0.05, 0.1) is 30.2 Å². The Hall–Kier alpha value is -2.55. The van der Waals surface area contributed by atoms with Gasteiger partial charge in [-0.2, -0.15) is 18.3 Å². The van der Waals surface area contributed by atoms with E-state index < -0.39 is 11.7 Å². The SMILES string of the molecule is C=CCn1nc(NCC(=O)NC2CN([C@H]3CC[C@@H](C4CCCCC4)CC3)C2)c2cc(C(F)(F)F)ccc21. The van der Waals surface area contributed by atoms with Gasteiger partial charge >= 0.3 is 6.18 Å². The largest absolute Gasteiger partial charge is 0.416 e. The van der Waals surface area contributed by atoms with Crippen molar-refractivity contribution in [3.8, 4) is 0 Å². The average molecular weight is 518 g/mol. The molecule has 1 aromatic carbocycles. The fourth-order valence-corrected chi connectivity index (χ4v) is 6.64. The van der Waals surface area contributed by atoms with Crippen LogP contribution >= 0.6 is 0 Å². The van der Waals surface area contributed by atoms with E-state index in [0.29, 0.717) is 23.5 Å². The van der Waals surface area contributed by atoms with Crippen molar-refractivity contribution in [2.75, 3.05) is 25.0 Å². The molecule has 5 rings (SSSR count). The zero-order valence-electron chi connectivity index (χ0n) is 21.4. The number of rotatable bonds is 8. The lowest BCUT2D eigenvalue weighted by Crippen LogP contribution is -2.63. The number of hydrogen-bond acceptors (Lipinski definition) is 4.